The van der Waals surface area contributed by atoms with Crippen LogP contribution in [0, 0.1) is 17.2 Å². The number of benzene rings is 2. The van der Waals surface area contributed by atoms with Crippen LogP contribution in [0.3, 0.4) is 0 Å². The van der Waals surface area contributed by atoms with Gasteiger partial charge in [-0.2, -0.15) is 5.26 Å². The van der Waals surface area contributed by atoms with E-state index in [9.17, 15) is 9.59 Å². The largest absolute Gasteiger partial charge is 0.338 e. The van der Waals surface area contributed by atoms with E-state index in [1.807, 2.05) is 55.1 Å². The zero-order chi connectivity index (χ0) is 22.0. The van der Waals surface area contributed by atoms with Crippen LogP contribution in [0.5, 0.6) is 0 Å². The fraction of sp³-hybridized carbons (Fsp3) is 0.320. The predicted molar refractivity (Wildman–Crippen MR) is 120 cm³/mol. The molecule has 0 aromatic heterocycles. The van der Waals surface area contributed by atoms with Gasteiger partial charge < -0.3 is 15.1 Å². The molecule has 31 heavy (non-hydrogen) atoms. The van der Waals surface area contributed by atoms with Crippen molar-refractivity contribution in [3.8, 4) is 6.07 Å². The third kappa shape index (κ3) is 4.46. The van der Waals surface area contributed by atoms with E-state index >= 15 is 0 Å². The first kappa shape index (κ1) is 20.7. The molecule has 0 fully saturated rings. The summed E-state index contributed by atoms with van der Waals surface area (Å²) in [5.41, 5.74) is 5.82. The fourth-order valence-corrected chi connectivity index (χ4v) is 4.07. The summed E-state index contributed by atoms with van der Waals surface area (Å²) < 4.78 is 0. The molecule has 0 saturated carbocycles. The van der Waals surface area contributed by atoms with Gasteiger partial charge in [-0.25, -0.2) is 4.79 Å². The van der Waals surface area contributed by atoms with Crippen LogP contribution in [0.15, 0.2) is 48.5 Å². The summed E-state index contributed by atoms with van der Waals surface area (Å²) in [6.07, 6.45) is 2.95. The second-order valence-corrected chi connectivity index (χ2v) is 8.38. The maximum absolute atomic E-state index is 12.7. The zero-order valence-corrected chi connectivity index (χ0v) is 17.9. The highest BCUT2D eigenvalue weighted by molar-refractivity contribution is 5.90. The number of nitriles is 1. The first-order valence-electron chi connectivity index (χ1n) is 10.6. The number of amides is 3. The van der Waals surface area contributed by atoms with Crippen molar-refractivity contribution in [1.82, 2.24) is 9.80 Å². The smallest absolute Gasteiger partial charge is 0.322 e. The number of nitrogens with zero attached hydrogens (tertiary/aromatic N) is 3. The molecule has 3 amide bonds. The Morgan fingerprint density at radius 2 is 1.77 bits per heavy atom. The van der Waals surface area contributed by atoms with Gasteiger partial charge in [-0.15, -0.1) is 0 Å². The molecule has 0 saturated heterocycles. The average Bonchev–Trinajstić information content (AvgIpc) is 3.22. The standard InChI is InChI=1S/C25H26N4O2/c1-17(2)24(30)28-11-9-20(10-12-28)19-5-7-23(8-6-19)27-25(31)29-15-21-4-3-18(14-26)13-22(21)16-29/h3-9,13,17H,10-12,15-16H2,1-2H3,(H,27,31). The zero-order valence-electron chi connectivity index (χ0n) is 17.9. The molecular formula is C25H26N4O2. The van der Waals surface area contributed by atoms with Gasteiger partial charge in [0.05, 0.1) is 11.6 Å². The van der Waals surface area contributed by atoms with Gasteiger partial charge in [0, 0.05) is 37.8 Å². The second kappa shape index (κ2) is 8.65. The minimum atomic E-state index is -0.151. The van der Waals surface area contributed by atoms with Crippen LogP contribution >= 0.6 is 0 Å². The first-order chi connectivity index (χ1) is 14.9. The fourth-order valence-electron chi connectivity index (χ4n) is 4.07. The Labute approximate surface area is 182 Å². The van der Waals surface area contributed by atoms with Crippen molar-refractivity contribution in [2.75, 3.05) is 18.4 Å². The third-order valence-electron chi connectivity index (χ3n) is 5.87. The van der Waals surface area contributed by atoms with Gasteiger partial charge in [0.2, 0.25) is 5.91 Å². The van der Waals surface area contributed by atoms with Crippen molar-refractivity contribution >= 4 is 23.2 Å². The quantitative estimate of drug-likeness (QED) is 0.810. The minimum absolute atomic E-state index is 0.0228. The first-order valence-corrected chi connectivity index (χ1v) is 10.6. The highest BCUT2D eigenvalue weighted by Gasteiger charge is 2.24. The number of hydrogen-bond donors (Lipinski definition) is 1. The van der Waals surface area contributed by atoms with E-state index in [4.69, 9.17) is 5.26 Å². The van der Waals surface area contributed by atoms with Crippen molar-refractivity contribution in [3.63, 3.8) is 0 Å². The number of urea groups is 1. The second-order valence-electron chi connectivity index (χ2n) is 8.38. The van der Waals surface area contributed by atoms with Gasteiger partial charge in [0.1, 0.15) is 0 Å². The third-order valence-corrected chi connectivity index (χ3v) is 5.87. The van der Waals surface area contributed by atoms with Gasteiger partial charge in [-0.3, -0.25) is 4.79 Å². The molecular weight excluding hydrogens is 388 g/mol. The minimum Gasteiger partial charge on any atom is -0.338 e. The average molecular weight is 415 g/mol. The summed E-state index contributed by atoms with van der Waals surface area (Å²) in [7, 11) is 0. The molecule has 0 atom stereocenters. The highest BCUT2D eigenvalue weighted by atomic mass is 16.2. The van der Waals surface area contributed by atoms with Crippen LogP contribution in [-0.2, 0) is 17.9 Å². The molecule has 0 aliphatic carbocycles. The van der Waals surface area contributed by atoms with E-state index in [1.165, 1.54) is 5.57 Å². The lowest BCUT2D eigenvalue weighted by Gasteiger charge is -2.28. The Balaban J connectivity index is 1.36. The number of fused-ring (bicyclic) bond motifs is 1. The molecule has 2 heterocycles. The van der Waals surface area contributed by atoms with Crippen molar-refractivity contribution in [1.29, 1.82) is 5.26 Å². The topological polar surface area (TPSA) is 76.4 Å². The lowest BCUT2D eigenvalue weighted by Crippen LogP contribution is -2.37. The van der Waals surface area contributed by atoms with Crippen LogP contribution in [0.1, 0.15) is 42.5 Å². The molecule has 2 aromatic rings. The maximum atomic E-state index is 12.7. The van der Waals surface area contributed by atoms with E-state index in [0.29, 0.717) is 25.2 Å². The highest BCUT2D eigenvalue weighted by Crippen LogP contribution is 2.26. The van der Waals surface area contributed by atoms with E-state index in [2.05, 4.69) is 17.5 Å². The maximum Gasteiger partial charge on any atom is 0.322 e. The van der Waals surface area contributed by atoms with E-state index in [0.717, 1.165) is 35.3 Å². The van der Waals surface area contributed by atoms with Crippen molar-refractivity contribution < 1.29 is 9.59 Å². The van der Waals surface area contributed by atoms with Gasteiger partial charge in [-0.1, -0.05) is 38.1 Å². The molecule has 6 nitrogen and oxygen atoms in total. The number of carbonyl (C=O) groups excluding carboxylic acids is 2. The Bertz CT molecular complexity index is 1080. The van der Waals surface area contributed by atoms with Crippen LogP contribution in [0.25, 0.3) is 5.57 Å². The van der Waals surface area contributed by atoms with Crippen molar-refractivity contribution in [2.45, 2.75) is 33.4 Å². The summed E-state index contributed by atoms with van der Waals surface area (Å²) in [6, 6.07) is 15.4. The molecule has 4 rings (SSSR count). The Morgan fingerprint density at radius 3 is 2.42 bits per heavy atom. The molecule has 2 aliphatic rings. The van der Waals surface area contributed by atoms with Gasteiger partial charge >= 0.3 is 6.03 Å². The van der Waals surface area contributed by atoms with Gasteiger partial charge in [0.15, 0.2) is 0 Å². The van der Waals surface area contributed by atoms with Crippen LogP contribution in [0.2, 0.25) is 0 Å². The van der Waals surface area contributed by atoms with Crippen molar-refractivity contribution in [2.24, 2.45) is 5.92 Å². The predicted octanol–water partition coefficient (Wildman–Crippen LogP) is 4.38. The molecule has 1 N–H and O–H groups in total. The molecule has 0 spiro atoms. The molecule has 0 unspecified atom stereocenters. The number of carbonyl (C=O) groups is 2. The van der Waals surface area contributed by atoms with E-state index < -0.39 is 0 Å². The Kier molecular flexibility index (Phi) is 5.77. The van der Waals surface area contributed by atoms with Crippen molar-refractivity contribution in [3.05, 3.63) is 70.8 Å². The number of rotatable bonds is 3. The summed E-state index contributed by atoms with van der Waals surface area (Å²) in [5.74, 6) is 0.218. The molecule has 0 radical (unpaired) electrons. The molecule has 6 heteroatoms. The summed E-state index contributed by atoms with van der Waals surface area (Å²) in [6.45, 7) is 6.30. The number of hydrogen-bond acceptors (Lipinski definition) is 3. The lowest BCUT2D eigenvalue weighted by atomic mass is 9.98. The lowest BCUT2D eigenvalue weighted by molar-refractivity contribution is -0.134. The van der Waals surface area contributed by atoms with Crippen LogP contribution < -0.4 is 5.32 Å². The molecule has 2 aliphatic heterocycles. The monoisotopic (exact) mass is 414 g/mol. The van der Waals surface area contributed by atoms with Crippen LogP contribution in [-0.4, -0.2) is 34.8 Å². The van der Waals surface area contributed by atoms with Gasteiger partial charge in [0.25, 0.3) is 0 Å². The molecule has 2 aromatic carbocycles. The van der Waals surface area contributed by atoms with Gasteiger partial charge in [-0.05, 0) is 52.9 Å². The van der Waals surface area contributed by atoms with Crippen LogP contribution in [0.4, 0.5) is 10.5 Å². The summed E-state index contributed by atoms with van der Waals surface area (Å²) >= 11 is 0. The van der Waals surface area contributed by atoms with E-state index in [1.54, 1.807) is 11.0 Å². The Hall–Kier alpha value is -3.59. The summed E-state index contributed by atoms with van der Waals surface area (Å²) in [4.78, 5) is 28.5. The molecule has 158 valence electrons. The van der Waals surface area contributed by atoms with E-state index in [-0.39, 0.29) is 17.9 Å². The summed E-state index contributed by atoms with van der Waals surface area (Å²) in [5, 5.41) is 12.0. The molecule has 0 bridgehead atoms. The number of anilines is 1. The normalized spacial score (nSPS) is 15.4. The number of nitrogens with one attached hydrogen (secondary N) is 1. The Morgan fingerprint density at radius 1 is 1.03 bits per heavy atom. The SMILES string of the molecule is CC(C)C(=O)N1CC=C(c2ccc(NC(=O)N3Cc4ccc(C#N)cc4C3)cc2)CC1.